The van der Waals surface area contributed by atoms with Crippen molar-refractivity contribution in [1.82, 2.24) is 5.32 Å². The molecule has 6 heteroatoms. The van der Waals surface area contributed by atoms with Crippen molar-refractivity contribution in [3.63, 3.8) is 0 Å². The van der Waals surface area contributed by atoms with Gasteiger partial charge in [-0.05, 0) is 19.4 Å². The minimum Gasteiger partial charge on any atom is -0.340 e. The summed E-state index contributed by atoms with van der Waals surface area (Å²) in [5.74, 6) is 0.0950. The standard InChI is InChI=1S/C17H29N3O2S/c1-4-6-7-10-13(3)20-15-12-9-8-11-14(15)16(18)19-17(20)23(21,22)5-2/h8-9,11-13,16-17,19H,4-7,10,18H2,1-3H3. The van der Waals surface area contributed by atoms with E-state index in [4.69, 9.17) is 5.73 Å². The van der Waals surface area contributed by atoms with Crippen LogP contribution in [0.4, 0.5) is 5.69 Å². The van der Waals surface area contributed by atoms with Gasteiger partial charge in [0.05, 0.1) is 11.9 Å². The largest absolute Gasteiger partial charge is 0.340 e. The molecule has 5 nitrogen and oxygen atoms in total. The number of benzene rings is 1. The van der Waals surface area contributed by atoms with E-state index in [1.807, 2.05) is 29.2 Å². The van der Waals surface area contributed by atoms with Gasteiger partial charge in [0.15, 0.2) is 15.3 Å². The van der Waals surface area contributed by atoms with Crippen molar-refractivity contribution in [1.29, 1.82) is 0 Å². The third-order valence-corrected chi connectivity index (χ3v) is 6.42. The number of unbranched alkanes of at least 4 members (excludes halogenated alkanes) is 2. The summed E-state index contributed by atoms with van der Waals surface area (Å²) in [4.78, 5) is 2.01. The molecule has 0 spiro atoms. The number of fused-ring (bicyclic) bond motifs is 1. The summed E-state index contributed by atoms with van der Waals surface area (Å²) in [6.45, 7) is 5.96. The van der Waals surface area contributed by atoms with Crippen molar-refractivity contribution < 1.29 is 8.42 Å². The molecule has 1 aliphatic heterocycles. The van der Waals surface area contributed by atoms with Gasteiger partial charge in [0.2, 0.25) is 0 Å². The van der Waals surface area contributed by atoms with Gasteiger partial charge in [0.25, 0.3) is 0 Å². The fraction of sp³-hybridized carbons (Fsp3) is 0.647. The minimum absolute atomic E-state index is 0.0950. The average Bonchev–Trinajstić information content (AvgIpc) is 2.55. The molecule has 0 radical (unpaired) electrons. The van der Waals surface area contributed by atoms with Gasteiger partial charge in [-0.25, -0.2) is 8.42 Å². The summed E-state index contributed by atoms with van der Waals surface area (Å²) in [7, 11) is -3.29. The third kappa shape index (κ3) is 3.87. The first-order valence-electron chi connectivity index (χ1n) is 8.52. The Kier molecular flexibility index (Phi) is 6.06. The van der Waals surface area contributed by atoms with E-state index < -0.39 is 21.5 Å². The lowest BCUT2D eigenvalue weighted by Crippen LogP contribution is -2.60. The van der Waals surface area contributed by atoms with Crippen molar-refractivity contribution in [2.75, 3.05) is 10.7 Å². The molecule has 1 heterocycles. The molecule has 3 atom stereocenters. The van der Waals surface area contributed by atoms with Gasteiger partial charge in [-0.15, -0.1) is 0 Å². The summed E-state index contributed by atoms with van der Waals surface area (Å²) < 4.78 is 25.2. The van der Waals surface area contributed by atoms with E-state index in [-0.39, 0.29) is 11.8 Å². The summed E-state index contributed by atoms with van der Waals surface area (Å²) in [6.07, 6.45) is 3.92. The van der Waals surface area contributed by atoms with E-state index in [0.717, 1.165) is 36.9 Å². The molecule has 3 N–H and O–H groups in total. The van der Waals surface area contributed by atoms with E-state index in [1.54, 1.807) is 6.92 Å². The average molecular weight is 340 g/mol. The highest BCUT2D eigenvalue weighted by molar-refractivity contribution is 7.92. The Morgan fingerprint density at radius 3 is 2.61 bits per heavy atom. The minimum atomic E-state index is -3.29. The first-order valence-corrected chi connectivity index (χ1v) is 10.2. The molecular weight excluding hydrogens is 310 g/mol. The second-order valence-electron chi connectivity index (χ2n) is 6.26. The maximum Gasteiger partial charge on any atom is 0.186 e. The smallest absolute Gasteiger partial charge is 0.186 e. The van der Waals surface area contributed by atoms with Crippen LogP contribution < -0.4 is 16.0 Å². The maximum atomic E-state index is 12.6. The number of nitrogens with one attached hydrogen (secondary N) is 1. The van der Waals surface area contributed by atoms with Crippen molar-refractivity contribution in [3.8, 4) is 0 Å². The van der Waals surface area contributed by atoms with E-state index in [9.17, 15) is 8.42 Å². The van der Waals surface area contributed by atoms with E-state index in [0.29, 0.717) is 0 Å². The number of hydrogen-bond donors (Lipinski definition) is 2. The van der Waals surface area contributed by atoms with Gasteiger partial charge in [-0.3, -0.25) is 5.32 Å². The molecule has 3 unspecified atom stereocenters. The lowest BCUT2D eigenvalue weighted by atomic mass is 10.0. The highest BCUT2D eigenvalue weighted by Crippen LogP contribution is 2.34. The normalized spacial score (nSPS) is 22.7. The molecule has 0 saturated heterocycles. The SMILES string of the molecule is CCCCCC(C)N1c2ccccc2C(N)NC1S(=O)(=O)CC. The highest BCUT2D eigenvalue weighted by Gasteiger charge is 2.39. The fourth-order valence-corrected chi connectivity index (χ4v) is 4.50. The van der Waals surface area contributed by atoms with Gasteiger partial charge in [0.1, 0.15) is 0 Å². The molecule has 23 heavy (non-hydrogen) atoms. The van der Waals surface area contributed by atoms with Gasteiger partial charge >= 0.3 is 0 Å². The number of sulfone groups is 1. The Morgan fingerprint density at radius 2 is 1.96 bits per heavy atom. The fourth-order valence-electron chi connectivity index (χ4n) is 3.17. The van der Waals surface area contributed by atoms with Crippen molar-refractivity contribution in [2.24, 2.45) is 5.73 Å². The van der Waals surface area contributed by atoms with Crippen molar-refractivity contribution in [2.45, 2.75) is 64.2 Å². The monoisotopic (exact) mass is 339 g/mol. The zero-order valence-electron chi connectivity index (χ0n) is 14.3. The summed E-state index contributed by atoms with van der Waals surface area (Å²) in [5, 5.41) is 3.10. The summed E-state index contributed by atoms with van der Waals surface area (Å²) in [6, 6.07) is 7.96. The molecule has 0 fully saturated rings. The molecular formula is C17H29N3O2S. The van der Waals surface area contributed by atoms with Gasteiger partial charge in [-0.2, -0.15) is 0 Å². The summed E-state index contributed by atoms with van der Waals surface area (Å²) in [5.41, 5.74) is 7.31. The second kappa shape index (κ2) is 7.64. The van der Waals surface area contributed by atoms with Gasteiger partial charge in [0, 0.05) is 17.3 Å². The van der Waals surface area contributed by atoms with Crippen LogP contribution in [0.5, 0.6) is 0 Å². The zero-order chi connectivity index (χ0) is 17.0. The quantitative estimate of drug-likeness (QED) is 0.747. The number of para-hydroxylation sites is 1. The predicted octanol–water partition coefficient (Wildman–Crippen LogP) is 2.74. The molecule has 2 rings (SSSR count). The first kappa shape index (κ1) is 18.2. The molecule has 0 bridgehead atoms. The molecule has 0 aliphatic carbocycles. The Morgan fingerprint density at radius 1 is 1.26 bits per heavy atom. The highest BCUT2D eigenvalue weighted by atomic mass is 32.2. The van der Waals surface area contributed by atoms with Gasteiger partial charge in [-0.1, -0.05) is 51.3 Å². The van der Waals surface area contributed by atoms with Crippen LogP contribution in [0.1, 0.15) is 58.2 Å². The zero-order valence-corrected chi connectivity index (χ0v) is 15.1. The first-order chi connectivity index (χ1) is 10.9. The maximum absolute atomic E-state index is 12.6. The Bertz CT molecular complexity index is 618. The Labute approximate surface area is 140 Å². The molecule has 0 aromatic heterocycles. The van der Waals surface area contributed by atoms with Crippen LogP contribution >= 0.6 is 0 Å². The number of nitrogens with two attached hydrogens (primary N) is 1. The van der Waals surface area contributed by atoms with E-state index in [2.05, 4.69) is 19.2 Å². The molecule has 0 saturated carbocycles. The van der Waals surface area contributed by atoms with E-state index >= 15 is 0 Å². The molecule has 1 aromatic rings. The second-order valence-corrected chi connectivity index (χ2v) is 8.61. The molecule has 130 valence electrons. The van der Waals surface area contributed by atoms with Crippen LogP contribution in [0.25, 0.3) is 0 Å². The van der Waals surface area contributed by atoms with Crippen molar-refractivity contribution in [3.05, 3.63) is 29.8 Å². The van der Waals surface area contributed by atoms with Crippen LogP contribution in [-0.2, 0) is 9.84 Å². The number of rotatable bonds is 7. The van der Waals surface area contributed by atoms with Crippen LogP contribution in [0.15, 0.2) is 24.3 Å². The topological polar surface area (TPSA) is 75.4 Å². The van der Waals surface area contributed by atoms with Crippen LogP contribution in [-0.4, -0.2) is 25.7 Å². The third-order valence-electron chi connectivity index (χ3n) is 4.57. The Hall–Kier alpha value is -1.11. The molecule has 0 amide bonds. The van der Waals surface area contributed by atoms with Crippen LogP contribution in [0, 0.1) is 0 Å². The summed E-state index contributed by atoms with van der Waals surface area (Å²) >= 11 is 0. The van der Waals surface area contributed by atoms with Gasteiger partial charge < -0.3 is 10.6 Å². The lowest BCUT2D eigenvalue weighted by molar-refractivity contribution is 0.418. The molecule has 1 aliphatic rings. The molecule has 1 aromatic carbocycles. The van der Waals surface area contributed by atoms with Crippen LogP contribution in [0.2, 0.25) is 0 Å². The number of anilines is 1. The number of hydrogen-bond acceptors (Lipinski definition) is 5. The van der Waals surface area contributed by atoms with E-state index in [1.165, 1.54) is 0 Å². The number of nitrogens with zero attached hydrogens (tertiary/aromatic N) is 1. The predicted molar refractivity (Wildman–Crippen MR) is 95.8 cm³/mol. The Balaban J connectivity index is 2.39. The van der Waals surface area contributed by atoms with Crippen LogP contribution in [0.3, 0.4) is 0 Å². The van der Waals surface area contributed by atoms with Crippen molar-refractivity contribution >= 4 is 15.5 Å². The lowest BCUT2D eigenvalue weighted by Gasteiger charge is -2.44.